The van der Waals surface area contributed by atoms with Crippen molar-refractivity contribution in [2.75, 3.05) is 0 Å². The van der Waals surface area contributed by atoms with E-state index in [1.807, 2.05) is 0 Å². The highest BCUT2D eigenvalue weighted by atomic mass is 13.9. The third-order valence-electron chi connectivity index (χ3n) is 2.11. The van der Waals surface area contributed by atoms with Gasteiger partial charge in [-0.05, 0) is 19.3 Å². The van der Waals surface area contributed by atoms with Crippen molar-refractivity contribution in [3.05, 3.63) is 23.8 Å². The second kappa shape index (κ2) is 7.15. The summed E-state index contributed by atoms with van der Waals surface area (Å²) in [6, 6.07) is 0. The average molecular weight is 166 g/mol. The van der Waals surface area contributed by atoms with Crippen LogP contribution < -0.4 is 0 Å². The molecule has 1 unspecified atom stereocenters. The van der Waals surface area contributed by atoms with Crippen molar-refractivity contribution in [3.63, 3.8) is 0 Å². The standard InChI is InChI=1S/C12H22/c1-5-8-12(4)10-7-9-11(3)6-2/h7,9-11H,5-6,8H2,1-4H3/b9-7?,12-10-. The van der Waals surface area contributed by atoms with Crippen LogP contribution >= 0.6 is 0 Å². The maximum Gasteiger partial charge on any atom is -0.0261 e. The van der Waals surface area contributed by atoms with E-state index >= 15 is 0 Å². The molecule has 0 aromatic heterocycles. The third-order valence-corrected chi connectivity index (χ3v) is 2.11. The largest absolute Gasteiger partial charge is 0.0817 e. The molecule has 0 heterocycles. The van der Waals surface area contributed by atoms with Crippen molar-refractivity contribution >= 4 is 0 Å². The van der Waals surface area contributed by atoms with Crippen molar-refractivity contribution in [1.82, 2.24) is 0 Å². The minimum atomic E-state index is 0.718. The van der Waals surface area contributed by atoms with Crippen LogP contribution in [0.5, 0.6) is 0 Å². The van der Waals surface area contributed by atoms with Crippen molar-refractivity contribution in [3.8, 4) is 0 Å². The van der Waals surface area contributed by atoms with Crippen LogP contribution in [0.1, 0.15) is 47.0 Å². The smallest absolute Gasteiger partial charge is 0.0261 e. The molecule has 0 heteroatoms. The Balaban J connectivity index is 3.77. The molecule has 0 saturated carbocycles. The molecule has 0 bridgehead atoms. The number of allylic oxidation sites excluding steroid dienone is 4. The fourth-order valence-electron chi connectivity index (χ4n) is 1.02. The fourth-order valence-corrected chi connectivity index (χ4v) is 1.02. The molecule has 0 aliphatic rings. The predicted molar refractivity (Wildman–Crippen MR) is 57.3 cm³/mol. The Hall–Kier alpha value is -0.520. The average Bonchev–Trinajstić information content (AvgIpc) is 2.04. The van der Waals surface area contributed by atoms with Crippen LogP contribution in [-0.4, -0.2) is 0 Å². The first-order valence-corrected chi connectivity index (χ1v) is 5.04. The molecular formula is C12H22. The van der Waals surface area contributed by atoms with Gasteiger partial charge in [-0.1, -0.05) is 57.4 Å². The Morgan fingerprint density at radius 2 is 2.00 bits per heavy atom. The lowest BCUT2D eigenvalue weighted by atomic mass is 10.1. The molecule has 70 valence electrons. The lowest BCUT2D eigenvalue weighted by Crippen LogP contribution is -1.83. The summed E-state index contributed by atoms with van der Waals surface area (Å²) in [6.07, 6.45) is 10.4. The van der Waals surface area contributed by atoms with Crippen LogP contribution in [-0.2, 0) is 0 Å². The zero-order valence-electron chi connectivity index (χ0n) is 8.93. The highest BCUT2D eigenvalue weighted by molar-refractivity contribution is 5.10. The summed E-state index contributed by atoms with van der Waals surface area (Å²) < 4.78 is 0. The SMILES string of the molecule is CCC/C(C)=C\C=CC(C)CC. The van der Waals surface area contributed by atoms with Crippen molar-refractivity contribution in [1.29, 1.82) is 0 Å². The van der Waals surface area contributed by atoms with Gasteiger partial charge in [0.15, 0.2) is 0 Å². The molecule has 0 fully saturated rings. The van der Waals surface area contributed by atoms with Gasteiger partial charge in [-0.25, -0.2) is 0 Å². The molecule has 0 spiro atoms. The highest BCUT2D eigenvalue weighted by Gasteiger charge is 1.88. The molecule has 0 N–H and O–H groups in total. The monoisotopic (exact) mass is 166 g/mol. The van der Waals surface area contributed by atoms with Gasteiger partial charge in [0.1, 0.15) is 0 Å². The predicted octanol–water partition coefficient (Wildman–Crippen LogP) is 4.34. The molecule has 0 rings (SSSR count). The molecule has 12 heavy (non-hydrogen) atoms. The van der Waals surface area contributed by atoms with Crippen LogP contribution in [0.3, 0.4) is 0 Å². The minimum Gasteiger partial charge on any atom is -0.0817 e. The summed E-state index contributed by atoms with van der Waals surface area (Å²) in [6.45, 7) is 8.89. The molecule has 0 nitrogen and oxygen atoms in total. The van der Waals surface area contributed by atoms with E-state index in [9.17, 15) is 0 Å². The maximum absolute atomic E-state index is 2.28. The zero-order valence-corrected chi connectivity index (χ0v) is 8.93. The van der Waals surface area contributed by atoms with Gasteiger partial charge in [-0.15, -0.1) is 0 Å². The molecule has 0 amide bonds. The minimum absolute atomic E-state index is 0.718. The van der Waals surface area contributed by atoms with E-state index in [0.29, 0.717) is 0 Å². The quantitative estimate of drug-likeness (QED) is 0.533. The highest BCUT2D eigenvalue weighted by Crippen LogP contribution is 2.05. The number of hydrogen-bond donors (Lipinski definition) is 0. The molecule has 0 radical (unpaired) electrons. The summed E-state index contributed by atoms with van der Waals surface area (Å²) in [7, 11) is 0. The Labute approximate surface area is 77.4 Å². The summed E-state index contributed by atoms with van der Waals surface area (Å²) in [5.41, 5.74) is 1.48. The van der Waals surface area contributed by atoms with E-state index in [0.717, 1.165) is 5.92 Å². The van der Waals surface area contributed by atoms with E-state index in [2.05, 4.69) is 45.9 Å². The lowest BCUT2D eigenvalue weighted by Gasteiger charge is -1.98. The number of hydrogen-bond acceptors (Lipinski definition) is 0. The Kier molecular flexibility index (Phi) is 6.84. The summed E-state index contributed by atoms with van der Waals surface area (Å²) in [5.74, 6) is 0.718. The van der Waals surface area contributed by atoms with Crippen LogP contribution in [0.2, 0.25) is 0 Å². The normalized spacial score (nSPS) is 15.5. The van der Waals surface area contributed by atoms with Crippen LogP contribution in [0.25, 0.3) is 0 Å². The van der Waals surface area contributed by atoms with Crippen molar-refractivity contribution in [2.45, 2.75) is 47.0 Å². The number of rotatable bonds is 5. The van der Waals surface area contributed by atoms with Gasteiger partial charge >= 0.3 is 0 Å². The Bertz CT molecular complexity index is 151. The van der Waals surface area contributed by atoms with Gasteiger partial charge in [0.2, 0.25) is 0 Å². The Morgan fingerprint density at radius 3 is 2.50 bits per heavy atom. The molecule has 0 aromatic carbocycles. The first kappa shape index (κ1) is 11.5. The van der Waals surface area contributed by atoms with Gasteiger partial charge < -0.3 is 0 Å². The third kappa shape index (κ3) is 6.21. The summed E-state index contributed by atoms with van der Waals surface area (Å²) in [4.78, 5) is 0. The van der Waals surface area contributed by atoms with Crippen LogP contribution in [0.15, 0.2) is 23.8 Å². The summed E-state index contributed by atoms with van der Waals surface area (Å²) in [5, 5.41) is 0. The van der Waals surface area contributed by atoms with E-state index < -0.39 is 0 Å². The van der Waals surface area contributed by atoms with Crippen molar-refractivity contribution in [2.24, 2.45) is 5.92 Å². The van der Waals surface area contributed by atoms with Crippen molar-refractivity contribution < 1.29 is 0 Å². The molecule has 1 atom stereocenters. The van der Waals surface area contributed by atoms with Gasteiger partial charge in [0.05, 0.1) is 0 Å². The molecule has 0 aliphatic heterocycles. The van der Waals surface area contributed by atoms with Gasteiger partial charge in [0, 0.05) is 0 Å². The molecule has 0 saturated heterocycles. The second-order valence-electron chi connectivity index (χ2n) is 3.53. The van der Waals surface area contributed by atoms with E-state index in [1.165, 1.54) is 24.8 Å². The zero-order chi connectivity index (χ0) is 9.40. The van der Waals surface area contributed by atoms with E-state index in [1.54, 1.807) is 0 Å². The first-order chi connectivity index (χ1) is 5.70. The maximum atomic E-state index is 2.28. The summed E-state index contributed by atoms with van der Waals surface area (Å²) >= 11 is 0. The van der Waals surface area contributed by atoms with E-state index in [-0.39, 0.29) is 0 Å². The fraction of sp³-hybridized carbons (Fsp3) is 0.667. The molecular weight excluding hydrogens is 144 g/mol. The Morgan fingerprint density at radius 1 is 1.33 bits per heavy atom. The first-order valence-electron chi connectivity index (χ1n) is 5.04. The van der Waals surface area contributed by atoms with Crippen LogP contribution in [0.4, 0.5) is 0 Å². The lowest BCUT2D eigenvalue weighted by molar-refractivity contribution is 0.698. The van der Waals surface area contributed by atoms with Gasteiger partial charge in [0.25, 0.3) is 0 Å². The molecule has 0 aliphatic carbocycles. The van der Waals surface area contributed by atoms with Gasteiger partial charge in [-0.3, -0.25) is 0 Å². The molecule has 0 aromatic rings. The van der Waals surface area contributed by atoms with Gasteiger partial charge in [-0.2, -0.15) is 0 Å². The van der Waals surface area contributed by atoms with E-state index in [4.69, 9.17) is 0 Å². The second-order valence-corrected chi connectivity index (χ2v) is 3.53. The topological polar surface area (TPSA) is 0 Å². The van der Waals surface area contributed by atoms with Crippen LogP contribution in [0, 0.1) is 5.92 Å².